The van der Waals surface area contributed by atoms with Crippen molar-refractivity contribution in [1.82, 2.24) is 4.98 Å². The number of anilines is 1. The predicted octanol–water partition coefficient (Wildman–Crippen LogP) is 4.05. The molecule has 0 saturated heterocycles. The summed E-state index contributed by atoms with van der Waals surface area (Å²) in [6.45, 7) is 5.30. The summed E-state index contributed by atoms with van der Waals surface area (Å²) in [5, 5.41) is 3.79. The molecular weight excluding hydrogens is 260 g/mol. The van der Waals surface area contributed by atoms with Crippen molar-refractivity contribution in [2.75, 3.05) is 11.9 Å². The molecule has 19 heavy (non-hydrogen) atoms. The Morgan fingerprint density at radius 1 is 1.26 bits per heavy atom. The van der Waals surface area contributed by atoms with Crippen molar-refractivity contribution in [3.05, 3.63) is 52.7 Å². The van der Waals surface area contributed by atoms with Crippen LogP contribution in [-0.4, -0.2) is 11.5 Å². The minimum Gasteiger partial charge on any atom is -0.486 e. The molecule has 0 radical (unpaired) electrons. The van der Waals surface area contributed by atoms with Crippen molar-refractivity contribution in [2.24, 2.45) is 0 Å². The highest BCUT2D eigenvalue weighted by Gasteiger charge is 2.03. The quantitative estimate of drug-likeness (QED) is 0.894. The highest BCUT2D eigenvalue weighted by atomic mass is 35.5. The first-order valence-corrected chi connectivity index (χ1v) is 6.65. The van der Waals surface area contributed by atoms with E-state index in [2.05, 4.69) is 10.3 Å². The molecule has 1 aromatic heterocycles. The molecule has 0 amide bonds. The molecule has 1 heterocycles. The molecule has 2 aromatic rings. The number of aromatic nitrogens is 1. The number of hydrogen-bond acceptors (Lipinski definition) is 3. The second-order valence-electron chi connectivity index (χ2n) is 4.27. The largest absolute Gasteiger partial charge is 0.486 e. The van der Waals surface area contributed by atoms with Gasteiger partial charge in [0.2, 0.25) is 0 Å². The molecule has 1 aromatic carbocycles. The number of rotatable bonds is 5. The Balaban J connectivity index is 2.05. The monoisotopic (exact) mass is 276 g/mol. The van der Waals surface area contributed by atoms with Crippen LogP contribution in [0.1, 0.15) is 18.2 Å². The first-order valence-electron chi connectivity index (χ1n) is 6.28. The second-order valence-corrected chi connectivity index (χ2v) is 4.67. The molecule has 3 nitrogen and oxygen atoms in total. The summed E-state index contributed by atoms with van der Waals surface area (Å²) >= 11 is 6.09. The van der Waals surface area contributed by atoms with Gasteiger partial charge in [0.25, 0.3) is 0 Å². The number of pyridine rings is 1. The summed E-state index contributed by atoms with van der Waals surface area (Å²) in [5.41, 5.74) is 1.99. The van der Waals surface area contributed by atoms with Crippen LogP contribution in [0.15, 0.2) is 36.4 Å². The lowest BCUT2D eigenvalue weighted by atomic mass is 10.2. The number of hydrogen-bond donors (Lipinski definition) is 1. The summed E-state index contributed by atoms with van der Waals surface area (Å²) in [6.07, 6.45) is 0. The molecule has 0 aliphatic heterocycles. The van der Waals surface area contributed by atoms with E-state index in [1.807, 2.05) is 50.2 Å². The van der Waals surface area contributed by atoms with E-state index in [-0.39, 0.29) is 0 Å². The Kier molecular flexibility index (Phi) is 4.63. The first kappa shape index (κ1) is 13.7. The van der Waals surface area contributed by atoms with Gasteiger partial charge in [-0.2, -0.15) is 0 Å². The maximum absolute atomic E-state index is 6.09. The molecule has 4 heteroatoms. The summed E-state index contributed by atoms with van der Waals surface area (Å²) in [7, 11) is 0. The van der Waals surface area contributed by atoms with Gasteiger partial charge >= 0.3 is 0 Å². The van der Waals surface area contributed by atoms with Gasteiger partial charge in [0.1, 0.15) is 18.2 Å². The van der Waals surface area contributed by atoms with Crippen LogP contribution in [0.4, 0.5) is 5.82 Å². The molecular formula is C15H17ClN2O. The minimum absolute atomic E-state index is 0.405. The summed E-state index contributed by atoms with van der Waals surface area (Å²) in [6, 6.07) is 11.6. The normalized spacial score (nSPS) is 10.3. The highest BCUT2D eigenvalue weighted by molar-refractivity contribution is 6.32. The van der Waals surface area contributed by atoms with Crippen molar-refractivity contribution < 1.29 is 4.74 Å². The van der Waals surface area contributed by atoms with Crippen LogP contribution in [0.2, 0.25) is 5.02 Å². The van der Waals surface area contributed by atoms with Crippen LogP contribution in [0.3, 0.4) is 0 Å². The molecule has 2 rings (SSSR count). The number of benzene rings is 1. The van der Waals surface area contributed by atoms with Gasteiger partial charge in [-0.15, -0.1) is 0 Å². The molecule has 0 saturated carbocycles. The van der Waals surface area contributed by atoms with Crippen LogP contribution in [0.25, 0.3) is 0 Å². The summed E-state index contributed by atoms with van der Waals surface area (Å²) in [5.74, 6) is 1.55. The van der Waals surface area contributed by atoms with Crippen LogP contribution in [0, 0.1) is 6.92 Å². The van der Waals surface area contributed by atoms with Gasteiger partial charge in [0.15, 0.2) is 0 Å². The average Bonchev–Trinajstić information content (AvgIpc) is 2.41. The second kappa shape index (κ2) is 6.43. The zero-order chi connectivity index (χ0) is 13.7. The summed E-state index contributed by atoms with van der Waals surface area (Å²) < 4.78 is 5.71. The van der Waals surface area contributed by atoms with E-state index in [0.717, 1.165) is 23.6 Å². The van der Waals surface area contributed by atoms with E-state index >= 15 is 0 Å². The standard InChI is InChI=1S/C15H17ClN2O/c1-3-17-15-6-4-5-12(18-15)10-19-14-9-11(2)7-8-13(14)16/h4-9H,3,10H2,1-2H3,(H,17,18). The van der Waals surface area contributed by atoms with Gasteiger partial charge in [0, 0.05) is 6.54 Å². The fourth-order valence-electron chi connectivity index (χ4n) is 1.71. The molecule has 0 unspecified atom stereocenters. The maximum Gasteiger partial charge on any atom is 0.138 e. The van der Waals surface area contributed by atoms with Gasteiger partial charge in [-0.05, 0) is 43.7 Å². The highest BCUT2D eigenvalue weighted by Crippen LogP contribution is 2.25. The number of nitrogens with zero attached hydrogens (tertiary/aromatic N) is 1. The first-order chi connectivity index (χ1) is 9.19. The molecule has 0 aliphatic carbocycles. The topological polar surface area (TPSA) is 34.1 Å². The van der Waals surface area contributed by atoms with Crippen molar-refractivity contribution in [3.63, 3.8) is 0 Å². The predicted molar refractivity (Wildman–Crippen MR) is 78.9 cm³/mol. The Labute approximate surface area is 118 Å². The number of ether oxygens (including phenoxy) is 1. The van der Waals surface area contributed by atoms with E-state index in [1.54, 1.807) is 0 Å². The van der Waals surface area contributed by atoms with Gasteiger partial charge in [-0.1, -0.05) is 23.7 Å². The smallest absolute Gasteiger partial charge is 0.138 e. The molecule has 100 valence electrons. The average molecular weight is 277 g/mol. The maximum atomic E-state index is 6.09. The van der Waals surface area contributed by atoms with E-state index in [4.69, 9.17) is 16.3 Å². The van der Waals surface area contributed by atoms with Crippen molar-refractivity contribution in [1.29, 1.82) is 0 Å². The number of nitrogens with one attached hydrogen (secondary N) is 1. The zero-order valence-corrected chi connectivity index (χ0v) is 11.9. The van der Waals surface area contributed by atoms with Crippen molar-refractivity contribution >= 4 is 17.4 Å². The van der Waals surface area contributed by atoms with Crippen molar-refractivity contribution in [3.8, 4) is 5.75 Å². The Bertz CT molecular complexity index is 558. The Morgan fingerprint density at radius 2 is 2.11 bits per heavy atom. The lowest BCUT2D eigenvalue weighted by Crippen LogP contribution is -2.03. The molecule has 1 N–H and O–H groups in total. The fraction of sp³-hybridized carbons (Fsp3) is 0.267. The lowest BCUT2D eigenvalue weighted by molar-refractivity contribution is 0.301. The molecule has 0 aliphatic rings. The summed E-state index contributed by atoms with van der Waals surface area (Å²) in [4.78, 5) is 4.45. The van der Waals surface area contributed by atoms with Gasteiger partial charge in [-0.3, -0.25) is 0 Å². The van der Waals surface area contributed by atoms with Crippen LogP contribution >= 0.6 is 11.6 Å². The Hall–Kier alpha value is -1.74. The third kappa shape index (κ3) is 3.86. The Morgan fingerprint density at radius 3 is 2.89 bits per heavy atom. The molecule has 0 bridgehead atoms. The molecule has 0 fully saturated rings. The molecule has 0 atom stereocenters. The zero-order valence-electron chi connectivity index (χ0n) is 11.1. The number of halogens is 1. The van der Waals surface area contributed by atoms with Gasteiger partial charge < -0.3 is 10.1 Å². The van der Waals surface area contributed by atoms with Crippen molar-refractivity contribution in [2.45, 2.75) is 20.5 Å². The fourth-order valence-corrected chi connectivity index (χ4v) is 1.88. The van der Waals surface area contributed by atoms with E-state index in [1.165, 1.54) is 0 Å². The third-order valence-electron chi connectivity index (χ3n) is 2.63. The van der Waals surface area contributed by atoms with Gasteiger partial charge in [0.05, 0.1) is 10.7 Å². The van der Waals surface area contributed by atoms with E-state index in [0.29, 0.717) is 17.4 Å². The minimum atomic E-state index is 0.405. The lowest BCUT2D eigenvalue weighted by Gasteiger charge is -2.09. The SMILES string of the molecule is CCNc1cccc(COc2cc(C)ccc2Cl)n1. The van der Waals surface area contributed by atoms with Crippen LogP contribution in [-0.2, 0) is 6.61 Å². The van der Waals surface area contributed by atoms with E-state index < -0.39 is 0 Å². The third-order valence-corrected chi connectivity index (χ3v) is 2.94. The van der Waals surface area contributed by atoms with Gasteiger partial charge in [-0.25, -0.2) is 4.98 Å². The molecule has 0 spiro atoms. The van der Waals surface area contributed by atoms with Crippen LogP contribution < -0.4 is 10.1 Å². The number of aryl methyl sites for hydroxylation is 1. The van der Waals surface area contributed by atoms with E-state index in [9.17, 15) is 0 Å². The van der Waals surface area contributed by atoms with Crippen LogP contribution in [0.5, 0.6) is 5.75 Å².